The summed E-state index contributed by atoms with van der Waals surface area (Å²) in [7, 11) is 0. The molecule has 2 aromatic rings. The second-order valence-corrected chi connectivity index (χ2v) is 3.22. The molecule has 0 atom stereocenters. The van der Waals surface area contributed by atoms with Crippen LogP contribution in [0.25, 0.3) is 5.52 Å². The molecule has 2 nitrogen and oxygen atoms in total. The van der Waals surface area contributed by atoms with Gasteiger partial charge < -0.3 is 4.40 Å². The molecule has 2 heteroatoms. The topological polar surface area (TPSA) is 17.3 Å². The van der Waals surface area contributed by atoms with Crippen LogP contribution in [0.1, 0.15) is 17.0 Å². The fourth-order valence-electron chi connectivity index (χ4n) is 1.60. The van der Waals surface area contributed by atoms with Gasteiger partial charge in [0, 0.05) is 17.6 Å². The number of fused-ring (bicyclic) bond motifs is 1. The van der Waals surface area contributed by atoms with Gasteiger partial charge in [0.15, 0.2) is 0 Å². The van der Waals surface area contributed by atoms with Crippen molar-refractivity contribution >= 4 is 5.52 Å². The number of hydrogen-bond donors (Lipinski definition) is 0. The van der Waals surface area contributed by atoms with Crippen LogP contribution in [0.3, 0.4) is 0 Å². The van der Waals surface area contributed by atoms with Crippen LogP contribution < -0.4 is 0 Å². The Morgan fingerprint density at radius 1 is 1.17 bits per heavy atom. The van der Waals surface area contributed by atoms with E-state index in [1.807, 2.05) is 12.4 Å². The van der Waals surface area contributed by atoms with Crippen molar-refractivity contribution < 1.29 is 0 Å². The van der Waals surface area contributed by atoms with Gasteiger partial charge in [-0.15, -0.1) is 0 Å². The van der Waals surface area contributed by atoms with E-state index in [0.717, 1.165) is 0 Å². The van der Waals surface area contributed by atoms with Gasteiger partial charge in [0.2, 0.25) is 0 Å². The van der Waals surface area contributed by atoms with E-state index in [1.165, 1.54) is 22.5 Å². The maximum atomic E-state index is 4.15. The Morgan fingerprint density at radius 2 is 1.92 bits per heavy atom. The van der Waals surface area contributed by atoms with Gasteiger partial charge >= 0.3 is 0 Å². The summed E-state index contributed by atoms with van der Waals surface area (Å²) in [4.78, 5) is 4.15. The SMILES string of the molecule is Cc1cc2cncc(C)n2c1C. The van der Waals surface area contributed by atoms with Crippen molar-refractivity contribution in [3.63, 3.8) is 0 Å². The minimum Gasteiger partial charge on any atom is -0.315 e. The highest BCUT2D eigenvalue weighted by Crippen LogP contribution is 2.15. The van der Waals surface area contributed by atoms with E-state index in [4.69, 9.17) is 0 Å². The van der Waals surface area contributed by atoms with E-state index in [9.17, 15) is 0 Å². The quantitative estimate of drug-likeness (QED) is 0.577. The lowest BCUT2D eigenvalue weighted by Gasteiger charge is -2.01. The number of rotatable bonds is 0. The van der Waals surface area contributed by atoms with E-state index >= 15 is 0 Å². The summed E-state index contributed by atoms with van der Waals surface area (Å²) in [5, 5.41) is 0. The zero-order valence-electron chi connectivity index (χ0n) is 7.63. The van der Waals surface area contributed by atoms with E-state index in [1.54, 1.807) is 0 Å². The first-order chi connectivity index (χ1) is 5.70. The fourth-order valence-corrected chi connectivity index (χ4v) is 1.60. The highest BCUT2D eigenvalue weighted by molar-refractivity contribution is 5.52. The number of aryl methyl sites for hydroxylation is 3. The van der Waals surface area contributed by atoms with Crippen LogP contribution in [0.5, 0.6) is 0 Å². The molecule has 0 N–H and O–H groups in total. The molecule has 2 aromatic heterocycles. The van der Waals surface area contributed by atoms with Gasteiger partial charge in [0.05, 0.1) is 11.7 Å². The zero-order valence-corrected chi connectivity index (χ0v) is 7.63. The molecule has 0 aliphatic carbocycles. The summed E-state index contributed by atoms with van der Waals surface area (Å²) < 4.78 is 2.22. The molecule has 0 spiro atoms. The second-order valence-electron chi connectivity index (χ2n) is 3.22. The normalized spacial score (nSPS) is 10.9. The molecule has 62 valence electrons. The van der Waals surface area contributed by atoms with Crippen LogP contribution in [0.2, 0.25) is 0 Å². The van der Waals surface area contributed by atoms with Crippen LogP contribution in [0.4, 0.5) is 0 Å². The molecular formula is C10H12N2. The summed E-state index contributed by atoms with van der Waals surface area (Å²) in [6, 6.07) is 2.16. The van der Waals surface area contributed by atoms with Gasteiger partial charge in [0.1, 0.15) is 0 Å². The molecule has 0 unspecified atom stereocenters. The average Bonchev–Trinajstić information content (AvgIpc) is 2.29. The van der Waals surface area contributed by atoms with Crippen molar-refractivity contribution in [2.75, 3.05) is 0 Å². The molecule has 0 aliphatic heterocycles. The van der Waals surface area contributed by atoms with Crippen molar-refractivity contribution in [2.24, 2.45) is 0 Å². The van der Waals surface area contributed by atoms with Crippen molar-refractivity contribution in [3.05, 3.63) is 35.4 Å². The van der Waals surface area contributed by atoms with Crippen LogP contribution in [-0.2, 0) is 0 Å². The van der Waals surface area contributed by atoms with Gasteiger partial charge in [-0.05, 0) is 32.4 Å². The number of hydrogen-bond acceptors (Lipinski definition) is 1. The zero-order chi connectivity index (χ0) is 8.72. The highest BCUT2D eigenvalue weighted by Gasteiger charge is 2.03. The smallest absolute Gasteiger partial charge is 0.0641 e. The lowest BCUT2D eigenvalue weighted by Crippen LogP contribution is -1.93. The standard InChI is InChI=1S/C10H12N2/c1-7-4-10-6-11-5-8(2)12(10)9(7)3/h4-6H,1-3H3. The number of aromatic nitrogens is 2. The maximum absolute atomic E-state index is 4.15. The minimum absolute atomic E-state index is 1.19. The third-order valence-electron chi connectivity index (χ3n) is 2.35. The van der Waals surface area contributed by atoms with Crippen LogP contribution in [0, 0.1) is 20.8 Å². The van der Waals surface area contributed by atoms with Gasteiger partial charge in [-0.25, -0.2) is 0 Å². The Labute approximate surface area is 71.9 Å². The Morgan fingerprint density at radius 3 is 2.58 bits per heavy atom. The average molecular weight is 160 g/mol. The number of nitrogens with zero attached hydrogens (tertiary/aromatic N) is 2. The van der Waals surface area contributed by atoms with Crippen LogP contribution >= 0.6 is 0 Å². The third kappa shape index (κ3) is 0.843. The van der Waals surface area contributed by atoms with Gasteiger partial charge in [0.25, 0.3) is 0 Å². The lowest BCUT2D eigenvalue weighted by molar-refractivity contribution is 1.00. The van der Waals surface area contributed by atoms with Crippen LogP contribution in [0.15, 0.2) is 18.5 Å². The Hall–Kier alpha value is -1.31. The molecule has 2 rings (SSSR count). The molecule has 0 aromatic carbocycles. The highest BCUT2D eigenvalue weighted by atomic mass is 14.9. The molecule has 0 bridgehead atoms. The van der Waals surface area contributed by atoms with Gasteiger partial charge in [-0.3, -0.25) is 4.98 Å². The monoisotopic (exact) mass is 160 g/mol. The Balaban J connectivity index is 2.97. The molecule has 0 saturated carbocycles. The van der Waals surface area contributed by atoms with Crippen molar-refractivity contribution in [2.45, 2.75) is 20.8 Å². The summed E-state index contributed by atoms with van der Waals surface area (Å²) in [6.45, 7) is 6.34. The predicted octanol–water partition coefficient (Wildman–Crippen LogP) is 2.26. The largest absolute Gasteiger partial charge is 0.315 e. The Bertz CT molecular complexity index is 427. The van der Waals surface area contributed by atoms with Crippen molar-refractivity contribution in [1.29, 1.82) is 0 Å². The summed E-state index contributed by atoms with van der Waals surface area (Å²) >= 11 is 0. The summed E-state index contributed by atoms with van der Waals surface area (Å²) in [6.07, 6.45) is 3.78. The fraction of sp³-hybridized carbons (Fsp3) is 0.300. The third-order valence-corrected chi connectivity index (χ3v) is 2.35. The van der Waals surface area contributed by atoms with Gasteiger partial charge in [-0.1, -0.05) is 0 Å². The molecule has 0 saturated heterocycles. The van der Waals surface area contributed by atoms with Crippen LogP contribution in [-0.4, -0.2) is 9.38 Å². The maximum Gasteiger partial charge on any atom is 0.0641 e. The molecule has 0 aliphatic rings. The van der Waals surface area contributed by atoms with Gasteiger partial charge in [-0.2, -0.15) is 0 Å². The molecule has 0 radical (unpaired) electrons. The predicted molar refractivity (Wildman–Crippen MR) is 49.4 cm³/mol. The minimum atomic E-state index is 1.19. The first-order valence-corrected chi connectivity index (χ1v) is 4.09. The van der Waals surface area contributed by atoms with E-state index in [-0.39, 0.29) is 0 Å². The molecule has 0 fully saturated rings. The first-order valence-electron chi connectivity index (χ1n) is 4.09. The molecular weight excluding hydrogens is 148 g/mol. The first kappa shape index (κ1) is 7.35. The molecule has 12 heavy (non-hydrogen) atoms. The van der Waals surface area contributed by atoms with Crippen molar-refractivity contribution in [3.8, 4) is 0 Å². The summed E-state index contributed by atoms with van der Waals surface area (Å²) in [5.41, 5.74) is 5.01. The lowest BCUT2D eigenvalue weighted by atomic mass is 10.3. The van der Waals surface area contributed by atoms with E-state index < -0.39 is 0 Å². The molecule has 0 amide bonds. The molecule has 2 heterocycles. The van der Waals surface area contributed by atoms with E-state index in [2.05, 4.69) is 36.2 Å². The van der Waals surface area contributed by atoms with Crippen molar-refractivity contribution in [1.82, 2.24) is 9.38 Å². The second kappa shape index (κ2) is 2.34. The Kier molecular flexibility index (Phi) is 1.43. The van der Waals surface area contributed by atoms with E-state index in [0.29, 0.717) is 0 Å². The summed E-state index contributed by atoms with van der Waals surface area (Å²) in [5.74, 6) is 0.